The highest BCUT2D eigenvalue weighted by Crippen LogP contribution is 2.44. The van der Waals surface area contributed by atoms with Gasteiger partial charge in [0.05, 0.1) is 18.1 Å². The number of amides is 2. The Balaban J connectivity index is 2.29. The lowest BCUT2D eigenvalue weighted by Crippen LogP contribution is -2.71. The Labute approximate surface area is 180 Å². The number of ether oxygens (including phenoxy) is 1. The van der Waals surface area contributed by atoms with E-state index in [0.29, 0.717) is 12.8 Å². The number of Topliss-reactive ketones (excluding diaryl/α,β-unsaturated/α-hetero) is 1. The van der Waals surface area contributed by atoms with Crippen LogP contribution in [-0.2, 0) is 28.3 Å². The second-order valence-electron chi connectivity index (χ2n) is 9.82. The summed E-state index contributed by atoms with van der Waals surface area (Å²) in [7, 11) is -2.17. The molecule has 168 valence electrons. The standard InChI is InChI=1S/C22H35NO6Si/c1-8-13-28-21(27)20(26)23-18(15-11-9-10-12-16(15)24)17(19(23)25)14(2)29-30(6,7)22(3,4)5/h8,14-15,17-18H,1,9-13H2,2-7H3/t14-,15-,17-,18-/m1/s1. The topological polar surface area (TPSA) is 90.0 Å². The zero-order valence-electron chi connectivity index (χ0n) is 19.0. The summed E-state index contributed by atoms with van der Waals surface area (Å²) in [5, 5.41) is -0.0474. The number of carbonyl (C=O) groups is 4. The van der Waals surface area contributed by atoms with Gasteiger partial charge in [0.1, 0.15) is 12.4 Å². The molecule has 1 aliphatic heterocycles. The van der Waals surface area contributed by atoms with Crippen LogP contribution in [0.15, 0.2) is 12.7 Å². The first-order valence-electron chi connectivity index (χ1n) is 10.7. The molecule has 0 bridgehead atoms. The molecule has 4 atom stereocenters. The number of imide groups is 1. The zero-order chi connectivity index (χ0) is 22.9. The minimum absolute atomic E-state index is 0.0422. The van der Waals surface area contributed by atoms with Crippen molar-refractivity contribution < 1.29 is 28.3 Å². The molecule has 2 amide bonds. The highest BCUT2D eigenvalue weighted by molar-refractivity contribution is 6.74. The van der Waals surface area contributed by atoms with Gasteiger partial charge in [-0.3, -0.25) is 19.3 Å². The largest absolute Gasteiger partial charge is 0.454 e. The van der Waals surface area contributed by atoms with Gasteiger partial charge in [-0.05, 0) is 37.9 Å². The fourth-order valence-electron chi connectivity index (χ4n) is 4.06. The molecule has 2 rings (SSSR count). The molecule has 0 N–H and O–H groups in total. The molecule has 0 aromatic rings. The maximum atomic E-state index is 13.0. The van der Waals surface area contributed by atoms with Crippen LogP contribution < -0.4 is 0 Å². The fraction of sp³-hybridized carbons (Fsp3) is 0.727. The Bertz CT molecular complexity index is 726. The first-order chi connectivity index (χ1) is 13.8. The van der Waals surface area contributed by atoms with Crippen LogP contribution in [0.3, 0.4) is 0 Å². The van der Waals surface area contributed by atoms with E-state index in [1.807, 2.05) is 6.92 Å². The quantitative estimate of drug-likeness (QED) is 0.208. The van der Waals surface area contributed by atoms with Gasteiger partial charge < -0.3 is 9.16 Å². The lowest BCUT2D eigenvalue weighted by atomic mass is 9.70. The lowest BCUT2D eigenvalue weighted by Gasteiger charge is -2.52. The number of rotatable bonds is 6. The van der Waals surface area contributed by atoms with Crippen molar-refractivity contribution in [1.82, 2.24) is 4.90 Å². The van der Waals surface area contributed by atoms with Crippen molar-refractivity contribution >= 4 is 31.9 Å². The molecule has 8 heteroatoms. The molecular formula is C22H35NO6Si. The van der Waals surface area contributed by atoms with E-state index in [-0.39, 0.29) is 17.4 Å². The molecule has 0 aromatic heterocycles. The molecule has 1 saturated heterocycles. The van der Waals surface area contributed by atoms with Gasteiger partial charge in [-0.25, -0.2) is 4.79 Å². The number of carbonyl (C=O) groups excluding carboxylic acids is 4. The molecular weight excluding hydrogens is 402 g/mol. The third-order valence-electron chi connectivity index (χ3n) is 6.72. The lowest BCUT2D eigenvalue weighted by molar-refractivity contribution is -0.183. The molecule has 1 heterocycles. The monoisotopic (exact) mass is 437 g/mol. The Kier molecular flexibility index (Phi) is 7.45. The molecule has 0 unspecified atom stereocenters. The van der Waals surface area contributed by atoms with Crippen LogP contribution >= 0.6 is 0 Å². The van der Waals surface area contributed by atoms with E-state index in [9.17, 15) is 19.2 Å². The maximum Gasteiger partial charge on any atom is 0.397 e. The molecule has 1 saturated carbocycles. The SMILES string of the molecule is C=CCOC(=O)C(=O)N1C(=O)[C@H]([C@@H](C)O[Si](C)(C)C(C)(C)C)[C@H]1[C@@H]1CCCCC1=O. The average Bonchev–Trinajstić information content (AvgIpc) is 2.63. The van der Waals surface area contributed by atoms with E-state index in [0.717, 1.165) is 17.7 Å². The summed E-state index contributed by atoms with van der Waals surface area (Å²) < 4.78 is 11.3. The smallest absolute Gasteiger partial charge is 0.397 e. The van der Waals surface area contributed by atoms with Crippen molar-refractivity contribution in [1.29, 1.82) is 0 Å². The maximum absolute atomic E-state index is 13.0. The predicted molar refractivity (Wildman–Crippen MR) is 115 cm³/mol. The van der Waals surface area contributed by atoms with Crippen LogP contribution in [0.5, 0.6) is 0 Å². The van der Waals surface area contributed by atoms with Crippen molar-refractivity contribution in [2.45, 2.75) is 83.7 Å². The third-order valence-corrected chi connectivity index (χ3v) is 11.3. The van der Waals surface area contributed by atoms with E-state index >= 15 is 0 Å². The second-order valence-corrected chi connectivity index (χ2v) is 14.6. The summed E-state index contributed by atoms with van der Waals surface area (Å²) in [4.78, 5) is 51.4. The average molecular weight is 438 g/mol. The van der Waals surface area contributed by atoms with E-state index in [4.69, 9.17) is 9.16 Å². The van der Waals surface area contributed by atoms with Crippen LogP contribution in [0.4, 0.5) is 0 Å². The first kappa shape index (κ1) is 24.5. The van der Waals surface area contributed by atoms with Gasteiger partial charge in [0.25, 0.3) is 0 Å². The minimum atomic E-state index is -2.17. The van der Waals surface area contributed by atoms with Crippen LogP contribution in [-0.4, -0.2) is 55.5 Å². The Hall–Kier alpha value is -1.80. The van der Waals surface area contributed by atoms with Gasteiger partial charge in [-0.2, -0.15) is 0 Å². The minimum Gasteiger partial charge on any atom is -0.454 e. The van der Waals surface area contributed by atoms with Crippen LogP contribution in [0.2, 0.25) is 18.1 Å². The predicted octanol–water partition coefficient (Wildman–Crippen LogP) is 3.24. The van der Waals surface area contributed by atoms with Gasteiger partial charge in [0.15, 0.2) is 8.32 Å². The molecule has 2 aliphatic rings. The molecule has 1 aliphatic carbocycles. The van der Waals surface area contributed by atoms with E-state index in [1.165, 1.54) is 6.08 Å². The molecule has 0 radical (unpaired) electrons. The van der Waals surface area contributed by atoms with Crippen molar-refractivity contribution in [3.8, 4) is 0 Å². The van der Waals surface area contributed by atoms with Crippen molar-refractivity contribution in [2.24, 2.45) is 11.8 Å². The number of hydrogen-bond donors (Lipinski definition) is 0. The number of likely N-dealkylation sites (tertiary alicyclic amines) is 1. The molecule has 7 nitrogen and oxygen atoms in total. The summed E-state index contributed by atoms with van der Waals surface area (Å²) in [6.07, 6.45) is 3.60. The summed E-state index contributed by atoms with van der Waals surface area (Å²) in [5.41, 5.74) is 0. The first-order valence-corrected chi connectivity index (χ1v) is 13.6. The summed E-state index contributed by atoms with van der Waals surface area (Å²) in [6.45, 7) is 15.7. The molecule has 2 fully saturated rings. The van der Waals surface area contributed by atoms with Crippen molar-refractivity contribution in [3.05, 3.63) is 12.7 Å². The normalized spacial score (nSPS) is 26.1. The molecule has 0 spiro atoms. The Morgan fingerprint density at radius 2 is 1.90 bits per heavy atom. The van der Waals surface area contributed by atoms with E-state index < -0.39 is 50.1 Å². The fourth-order valence-corrected chi connectivity index (χ4v) is 5.49. The van der Waals surface area contributed by atoms with E-state index in [2.05, 4.69) is 40.4 Å². The van der Waals surface area contributed by atoms with Crippen molar-refractivity contribution in [3.63, 3.8) is 0 Å². The highest BCUT2D eigenvalue weighted by Gasteiger charge is 2.59. The number of β-lactam (4-membered cyclic amide) rings is 1. The number of esters is 1. The molecule has 0 aromatic carbocycles. The number of ketones is 1. The highest BCUT2D eigenvalue weighted by atomic mass is 28.4. The second kappa shape index (κ2) is 9.14. The number of nitrogens with zero attached hydrogens (tertiary/aromatic N) is 1. The summed E-state index contributed by atoms with van der Waals surface area (Å²) in [6, 6.07) is -0.658. The Morgan fingerprint density at radius 1 is 1.27 bits per heavy atom. The number of hydrogen-bond acceptors (Lipinski definition) is 6. The van der Waals surface area contributed by atoms with Gasteiger partial charge >= 0.3 is 11.9 Å². The third kappa shape index (κ3) is 4.75. The summed E-state index contributed by atoms with van der Waals surface area (Å²) >= 11 is 0. The van der Waals surface area contributed by atoms with Crippen LogP contribution in [0.1, 0.15) is 53.4 Å². The van der Waals surface area contributed by atoms with E-state index in [1.54, 1.807) is 0 Å². The van der Waals surface area contributed by atoms with Gasteiger partial charge in [0, 0.05) is 12.3 Å². The van der Waals surface area contributed by atoms with Gasteiger partial charge in [-0.15, -0.1) is 0 Å². The van der Waals surface area contributed by atoms with Crippen LogP contribution in [0.25, 0.3) is 0 Å². The molecule has 30 heavy (non-hydrogen) atoms. The Morgan fingerprint density at radius 3 is 2.43 bits per heavy atom. The summed E-state index contributed by atoms with van der Waals surface area (Å²) in [5.74, 6) is -3.62. The zero-order valence-corrected chi connectivity index (χ0v) is 20.0. The van der Waals surface area contributed by atoms with Gasteiger partial charge in [0.2, 0.25) is 5.91 Å². The van der Waals surface area contributed by atoms with Gasteiger partial charge in [-0.1, -0.05) is 39.8 Å². The van der Waals surface area contributed by atoms with Crippen LogP contribution in [0, 0.1) is 11.8 Å². The van der Waals surface area contributed by atoms with Crippen molar-refractivity contribution in [2.75, 3.05) is 6.61 Å².